The predicted octanol–water partition coefficient (Wildman–Crippen LogP) is 38.9. The molecule has 686 valence electrons. The van der Waals surface area contributed by atoms with Crippen LogP contribution in [-0.4, -0.2) is 0 Å². The number of hydrogen-bond acceptors (Lipinski definition) is 6. The van der Waals surface area contributed by atoms with Crippen molar-refractivity contribution in [3.63, 3.8) is 0 Å². The molecule has 0 fully saturated rings. The Morgan fingerprint density at radius 3 is 0.944 bits per heavy atom. The molecule has 0 amide bonds. The summed E-state index contributed by atoms with van der Waals surface area (Å²) in [5, 5.41) is 14.3. The number of furan rings is 3. The number of para-hydroxylation sites is 3. The zero-order valence-corrected chi connectivity index (χ0v) is 81.5. The summed E-state index contributed by atoms with van der Waals surface area (Å²) in [5.41, 5.74) is 43.5. The van der Waals surface area contributed by atoms with Gasteiger partial charge in [-0.3, -0.25) is 0 Å². The van der Waals surface area contributed by atoms with Gasteiger partial charge in [-0.05, 0) is 248 Å². The zero-order chi connectivity index (χ0) is 96.6. The van der Waals surface area contributed by atoms with Crippen LogP contribution < -0.4 is 14.7 Å². The van der Waals surface area contributed by atoms with Crippen molar-refractivity contribution in [2.45, 2.75) is 77.0 Å². The van der Waals surface area contributed by atoms with Gasteiger partial charge in [0, 0.05) is 71.4 Å². The van der Waals surface area contributed by atoms with Crippen LogP contribution in [0.3, 0.4) is 0 Å². The first-order valence-electron chi connectivity index (χ1n) is 50.3. The normalized spacial score (nSPS) is 13.8. The Balaban J connectivity index is 0.000000108. The molecule has 3 heterocycles. The lowest BCUT2D eigenvalue weighted by atomic mass is 9.81. The minimum Gasteiger partial charge on any atom is -0.456 e. The van der Waals surface area contributed by atoms with E-state index in [2.05, 4.69) is 525 Å². The van der Waals surface area contributed by atoms with Gasteiger partial charge < -0.3 is 28.0 Å². The molecule has 25 aromatic rings. The molecular formula is C138H101N3O3. The summed E-state index contributed by atoms with van der Waals surface area (Å²) in [6.45, 7) is 18.8. The lowest BCUT2D eigenvalue weighted by Crippen LogP contribution is -2.16. The van der Waals surface area contributed by atoms with Crippen LogP contribution in [0.5, 0.6) is 0 Å². The van der Waals surface area contributed by atoms with Crippen molar-refractivity contribution in [2.24, 2.45) is 0 Å². The topological polar surface area (TPSA) is 49.1 Å². The monoisotopic (exact) mass is 1850 g/mol. The van der Waals surface area contributed by atoms with Crippen LogP contribution in [-0.2, 0) is 21.7 Å². The number of benzene rings is 22. The summed E-state index contributed by atoms with van der Waals surface area (Å²) in [5.74, 6) is 0. The maximum atomic E-state index is 6.54. The Morgan fingerprint density at radius 1 is 0.153 bits per heavy atom. The minimum atomic E-state index is -0.123. The summed E-state index contributed by atoms with van der Waals surface area (Å²) in [6, 6.07) is 170. The van der Waals surface area contributed by atoms with Crippen LogP contribution in [0.1, 0.15) is 99.9 Å². The van der Waals surface area contributed by atoms with Crippen LogP contribution in [0, 0.1) is 0 Å². The van der Waals surface area contributed by atoms with Crippen molar-refractivity contribution in [1.29, 1.82) is 0 Å². The lowest BCUT2D eigenvalue weighted by molar-refractivity contribution is 0.660. The summed E-state index contributed by atoms with van der Waals surface area (Å²) < 4.78 is 19.5. The molecular weight excluding hydrogens is 1750 g/mol. The first-order valence-corrected chi connectivity index (χ1v) is 50.3. The van der Waals surface area contributed by atoms with Gasteiger partial charge >= 0.3 is 0 Å². The molecule has 0 unspecified atom stereocenters. The fourth-order valence-electron chi connectivity index (χ4n) is 24.9. The summed E-state index contributed by atoms with van der Waals surface area (Å²) >= 11 is 0. The fourth-order valence-corrected chi connectivity index (χ4v) is 24.9. The number of rotatable bonds is 12. The quantitative estimate of drug-likeness (QED) is 0.114. The van der Waals surface area contributed by atoms with E-state index in [-0.39, 0.29) is 21.7 Å². The SMILES string of the molecule is CC1(C)c2ccccc2-c2c(N(c3ccc(-c4ccccc4)cc3)c3cccc4oc5ccc(-c6ccccc6)cc5c34)cccc21.CC1(C)c2ccccc2-c2c(N(c3ccc4c5ccccc5c5ccccc5c4c3)c3cccc4oc5ccccc5c34)cccc21.CC1(C)c2ccccc2-c2ccc(-c3ccccc3N(c3cccc4c3-c3ccccc3C4(C)C)c3cccc4oc5ccccc5c34)cc21. The van der Waals surface area contributed by atoms with Gasteiger partial charge in [-0.15, -0.1) is 0 Å². The molecule has 4 aliphatic rings. The maximum Gasteiger partial charge on any atom is 0.137 e. The highest BCUT2D eigenvalue weighted by atomic mass is 16.3. The van der Waals surface area contributed by atoms with E-state index in [4.69, 9.17) is 13.3 Å². The Morgan fingerprint density at radius 2 is 0.451 bits per heavy atom. The van der Waals surface area contributed by atoms with E-state index in [0.29, 0.717) is 0 Å². The molecule has 0 N–H and O–H groups in total. The summed E-state index contributed by atoms with van der Waals surface area (Å²) in [4.78, 5) is 7.42. The van der Waals surface area contributed by atoms with Crippen LogP contribution >= 0.6 is 0 Å². The van der Waals surface area contributed by atoms with Crippen molar-refractivity contribution in [3.05, 3.63) is 512 Å². The highest BCUT2D eigenvalue weighted by Gasteiger charge is 2.43. The Labute approximate surface area is 837 Å². The number of nitrogens with zero attached hydrogens (tertiary/aromatic N) is 3. The predicted molar refractivity (Wildman–Crippen MR) is 604 cm³/mol. The third-order valence-electron chi connectivity index (χ3n) is 31.8. The Kier molecular flexibility index (Phi) is 19.6. The standard InChI is InChI=1S/C48H37NO.C45H31NO.C45H33NO/c1-47(2)37-20-10-6-17-34(37)45-38(47)21-13-23-41(45)49(42-24-14-26-44-46(42)35-18-8-12-25-43(35)50-44)40-22-11-7-15-31(40)30-27-28-33-32-16-5-9-19-36(32)48(3,4)39(33)29-30;1-45(2)37-19-9-7-17-34(37)43-38(45)20-11-21-39(43)46(40-22-12-24-42-44(40)35-18-8-10-23-41(35)47-42)28-25-26-33-31-15-4-3-13-29(31)30-14-5-6-16-32(30)36(33)27-28;1-45(2)37-18-10-9-17-35(37)43-38(45)19-11-20-39(43)46(34-26-23-32(24-27-34)30-13-5-3-6-14-30)40-21-12-22-42-44(40)36-29-33(25-28-41(36)47-42)31-15-7-4-8-16-31/h5-29H,1-4H3;3-27H,1-2H3;3-29H,1-2H3. The average molecular weight is 1850 g/mol. The molecule has 0 saturated carbocycles. The van der Waals surface area contributed by atoms with E-state index < -0.39 is 0 Å². The maximum absolute atomic E-state index is 6.54. The van der Waals surface area contributed by atoms with Crippen molar-refractivity contribution < 1.29 is 13.3 Å². The molecule has 0 aliphatic heterocycles. The molecule has 22 aromatic carbocycles. The van der Waals surface area contributed by atoms with Gasteiger partial charge in [0.05, 0.1) is 56.0 Å². The largest absolute Gasteiger partial charge is 0.456 e. The van der Waals surface area contributed by atoms with Crippen LogP contribution in [0.25, 0.3) is 176 Å². The minimum absolute atomic E-state index is 0.0899. The summed E-state index contributed by atoms with van der Waals surface area (Å²) in [7, 11) is 0. The van der Waals surface area contributed by atoms with Crippen molar-refractivity contribution in [1.82, 2.24) is 0 Å². The molecule has 0 radical (unpaired) electrons. The van der Waals surface area contributed by atoms with Crippen LogP contribution in [0.2, 0.25) is 0 Å². The van der Waals surface area contributed by atoms with Crippen LogP contribution in [0.4, 0.5) is 51.2 Å². The van der Waals surface area contributed by atoms with Crippen molar-refractivity contribution in [3.8, 4) is 77.9 Å². The van der Waals surface area contributed by atoms with Crippen molar-refractivity contribution >= 4 is 149 Å². The Bertz CT molecular complexity index is 9520. The number of fused-ring (bicyclic) bond motifs is 27. The second-order valence-corrected chi connectivity index (χ2v) is 41.1. The number of anilines is 9. The first-order chi connectivity index (χ1) is 70.5. The summed E-state index contributed by atoms with van der Waals surface area (Å²) in [6.07, 6.45) is 0. The molecule has 144 heavy (non-hydrogen) atoms. The third kappa shape index (κ3) is 13.2. The molecule has 6 heteroatoms. The van der Waals surface area contributed by atoms with E-state index in [1.165, 1.54) is 166 Å². The molecule has 0 bridgehead atoms. The molecule has 3 aromatic heterocycles. The molecule has 0 atom stereocenters. The number of hydrogen-bond donors (Lipinski definition) is 0. The molecule has 0 spiro atoms. The highest BCUT2D eigenvalue weighted by Crippen LogP contribution is 2.62. The van der Waals surface area contributed by atoms with E-state index in [0.717, 1.165) is 106 Å². The Hall–Kier alpha value is -17.6. The van der Waals surface area contributed by atoms with Gasteiger partial charge in [-0.1, -0.05) is 407 Å². The van der Waals surface area contributed by atoms with E-state index in [9.17, 15) is 0 Å². The van der Waals surface area contributed by atoms with E-state index >= 15 is 0 Å². The second-order valence-electron chi connectivity index (χ2n) is 41.1. The van der Waals surface area contributed by atoms with Gasteiger partial charge in [0.1, 0.15) is 33.5 Å². The van der Waals surface area contributed by atoms with E-state index in [1.54, 1.807) is 0 Å². The van der Waals surface area contributed by atoms with E-state index in [1.807, 2.05) is 12.1 Å². The third-order valence-corrected chi connectivity index (χ3v) is 31.8. The zero-order valence-electron chi connectivity index (χ0n) is 81.5. The van der Waals surface area contributed by atoms with Gasteiger partial charge in [0.15, 0.2) is 0 Å². The first kappa shape index (κ1) is 85.6. The molecule has 4 aliphatic carbocycles. The molecule has 29 rings (SSSR count). The van der Waals surface area contributed by atoms with Crippen LogP contribution in [0.15, 0.2) is 480 Å². The van der Waals surface area contributed by atoms with Crippen molar-refractivity contribution in [2.75, 3.05) is 14.7 Å². The van der Waals surface area contributed by atoms with Gasteiger partial charge in [0.2, 0.25) is 0 Å². The highest BCUT2D eigenvalue weighted by molar-refractivity contribution is 6.27. The smallest absolute Gasteiger partial charge is 0.137 e. The average Bonchev–Trinajstić information content (AvgIpc) is 1.51. The lowest BCUT2D eigenvalue weighted by Gasteiger charge is -2.31. The molecule has 0 saturated heterocycles. The van der Waals surface area contributed by atoms with Gasteiger partial charge in [-0.25, -0.2) is 0 Å². The second kappa shape index (κ2) is 33.0. The molecule has 6 nitrogen and oxygen atoms in total. The van der Waals surface area contributed by atoms with Gasteiger partial charge in [-0.2, -0.15) is 0 Å². The fraction of sp³-hybridized carbons (Fsp3) is 0.0870. The van der Waals surface area contributed by atoms with Gasteiger partial charge in [0.25, 0.3) is 0 Å².